The first-order valence-electron chi connectivity index (χ1n) is 41.0. The number of hydrogen-bond donors (Lipinski definition) is 3. The lowest BCUT2D eigenvalue weighted by molar-refractivity contribution is -0.161. The van der Waals surface area contributed by atoms with Gasteiger partial charge in [0.1, 0.15) is 19.3 Å². The Hall–Kier alpha value is -5.84. The van der Waals surface area contributed by atoms with Gasteiger partial charge in [-0.1, -0.05) is 313 Å². The van der Waals surface area contributed by atoms with Crippen molar-refractivity contribution < 1.29 is 80.2 Å². The van der Waals surface area contributed by atoms with Gasteiger partial charge in [-0.3, -0.25) is 37.3 Å². The summed E-state index contributed by atoms with van der Waals surface area (Å²) in [6, 6.07) is 0. The number of aliphatic hydroxyl groups is 1. The van der Waals surface area contributed by atoms with E-state index in [1.165, 1.54) is 64.2 Å². The summed E-state index contributed by atoms with van der Waals surface area (Å²) in [5, 5.41) is 10.7. The molecular weight excluding hydrogens is 1400 g/mol. The van der Waals surface area contributed by atoms with Gasteiger partial charge in [0.2, 0.25) is 0 Å². The summed E-state index contributed by atoms with van der Waals surface area (Å²) in [6.07, 6.45) is 96.1. The van der Waals surface area contributed by atoms with Gasteiger partial charge < -0.3 is 33.8 Å². The van der Waals surface area contributed by atoms with Crippen molar-refractivity contribution in [2.24, 2.45) is 0 Å². The third-order valence-electron chi connectivity index (χ3n) is 16.4. The zero-order valence-corrected chi connectivity index (χ0v) is 68.7. The highest BCUT2D eigenvalue weighted by Gasteiger charge is 2.30. The van der Waals surface area contributed by atoms with Crippen molar-refractivity contribution in [2.45, 2.75) is 316 Å². The van der Waals surface area contributed by atoms with E-state index in [2.05, 4.69) is 186 Å². The number of unbranched alkanes of at least 4 members (excludes halogenated alkanes) is 20. The van der Waals surface area contributed by atoms with E-state index in [0.717, 1.165) is 154 Å². The van der Waals surface area contributed by atoms with Crippen LogP contribution < -0.4 is 0 Å². The average Bonchev–Trinajstić information content (AvgIpc) is 0.896. The molecule has 5 atom stereocenters. The second-order valence-corrected chi connectivity index (χ2v) is 29.5. The van der Waals surface area contributed by atoms with Crippen molar-refractivity contribution in [3.05, 3.63) is 182 Å². The summed E-state index contributed by atoms with van der Waals surface area (Å²) < 4.78 is 68.5. The number of carbonyl (C=O) groups excluding carboxylic acids is 4. The molecule has 108 heavy (non-hydrogen) atoms. The fraction of sp³-hybridized carbons (Fsp3) is 0.618. The summed E-state index contributed by atoms with van der Waals surface area (Å²) in [4.78, 5) is 73.1. The molecule has 612 valence electrons. The van der Waals surface area contributed by atoms with Crippen LogP contribution in [0, 0.1) is 0 Å². The van der Waals surface area contributed by atoms with Gasteiger partial charge in [0.15, 0.2) is 12.2 Å². The molecule has 0 fully saturated rings. The standard InChI is InChI=1S/C89H144O17P2/c1-5-9-13-17-21-25-29-33-37-39-41-43-47-50-54-58-62-66-70-74-87(92)100-80-85(106-89(94)76-72-68-64-60-56-52-48-44-42-40-38-34-30-26-22-18-14-10-6-2)82-104-108(97,98)102-78-83(90)77-101-107(95,96)103-81-84(105-88(93)75-71-67-63-59-55-51-46-36-32-28-24-20-16-12-8-4)79-99-86(91)73-69-65-61-57-53-49-45-35-31-27-23-19-15-11-7-3/h9-11,13-15,21-23,25-27,33-35,37-38,41-45,50,52-54,56-57,65,69,83-85,90H,5-8,12,16-20,24,28-32,36,39-40,46-49,51,55,58-64,66-68,70-82H2,1-4H3,(H,95,96)(H,97,98)/b13-9-,14-10-,15-11-,25-21-,26-22-,27-23-,37-33-,38-34-,43-41-,44-42-,45-35-,54-50-,56-52-,57-53-,69-65-. The van der Waals surface area contributed by atoms with E-state index in [1.807, 2.05) is 18.2 Å². The van der Waals surface area contributed by atoms with Crippen LogP contribution in [0.2, 0.25) is 0 Å². The number of phosphoric ester groups is 2. The number of esters is 4. The normalized spacial score (nSPS) is 14.8. The van der Waals surface area contributed by atoms with Crippen LogP contribution in [0.4, 0.5) is 0 Å². The number of hydrogen-bond acceptors (Lipinski definition) is 15. The Morgan fingerprint density at radius 3 is 0.824 bits per heavy atom. The maximum Gasteiger partial charge on any atom is 0.472 e. The maximum atomic E-state index is 13.1. The number of allylic oxidation sites excluding steroid dienone is 29. The molecule has 0 saturated carbocycles. The average molecular weight is 1550 g/mol. The Labute approximate surface area is 654 Å². The smallest absolute Gasteiger partial charge is 0.462 e. The van der Waals surface area contributed by atoms with Gasteiger partial charge >= 0.3 is 39.5 Å². The first-order valence-corrected chi connectivity index (χ1v) is 44.0. The summed E-state index contributed by atoms with van der Waals surface area (Å²) in [6.45, 7) is 4.34. The van der Waals surface area contributed by atoms with Gasteiger partial charge in [-0.05, 0) is 141 Å². The fourth-order valence-corrected chi connectivity index (χ4v) is 11.9. The van der Waals surface area contributed by atoms with Gasteiger partial charge in [-0.2, -0.15) is 0 Å². The van der Waals surface area contributed by atoms with Gasteiger partial charge in [0, 0.05) is 19.3 Å². The Balaban J connectivity index is 5.52. The molecule has 0 radical (unpaired) electrons. The van der Waals surface area contributed by atoms with Crippen molar-refractivity contribution in [1.29, 1.82) is 0 Å². The highest BCUT2D eigenvalue weighted by Crippen LogP contribution is 2.45. The Bertz CT molecular complexity index is 2760. The van der Waals surface area contributed by atoms with Crippen LogP contribution in [0.3, 0.4) is 0 Å². The highest BCUT2D eigenvalue weighted by molar-refractivity contribution is 7.47. The molecule has 0 spiro atoms. The quantitative estimate of drug-likeness (QED) is 0.0169. The lowest BCUT2D eigenvalue weighted by Crippen LogP contribution is -2.30. The minimum Gasteiger partial charge on any atom is -0.462 e. The summed E-state index contributed by atoms with van der Waals surface area (Å²) >= 11 is 0. The van der Waals surface area contributed by atoms with E-state index >= 15 is 0 Å². The van der Waals surface area contributed by atoms with E-state index in [4.69, 9.17) is 37.0 Å². The number of phosphoric acid groups is 2. The minimum absolute atomic E-state index is 0.0389. The topological polar surface area (TPSA) is 237 Å². The Kier molecular flexibility index (Phi) is 75.0. The van der Waals surface area contributed by atoms with E-state index in [0.29, 0.717) is 25.7 Å². The third kappa shape index (κ3) is 78.3. The van der Waals surface area contributed by atoms with Crippen LogP contribution in [-0.2, 0) is 65.4 Å². The van der Waals surface area contributed by atoms with Crippen LogP contribution in [0.15, 0.2) is 182 Å². The van der Waals surface area contributed by atoms with Crippen LogP contribution in [0.1, 0.15) is 297 Å². The highest BCUT2D eigenvalue weighted by atomic mass is 31.2. The lowest BCUT2D eigenvalue weighted by atomic mass is 10.0. The van der Waals surface area contributed by atoms with Crippen molar-refractivity contribution in [3.63, 3.8) is 0 Å². The minimum atomic E-state index is -5.01. The second kappa shape index (κ2) is 79.3. The summed E-state index contributed by atoms with van der Waals surface area (Å²) in [5.41, 5.74) is 0. The summed E-state index contributed by atoms with van der Waals surface area (Å²) in [7, 11) is -10.0. The number of ether oxygens (including phenoxy) is 4. The molecule has 0 heterocycles. The lowest BCUT2D eigenvalue weighted by Gasteiger charge is -2.21. The van der Waals surface area contributed by atoms with Gasteiger partial charge in [-0.25, -0.2) is 9.13 Å². The van der Waals surface area contributed by atoms with Crippen LogP contribution in [0.5, 0.6) is 0 Å². The summed E-state index contributed by atoms with van der Waals surface area (Å²) in [5.74, 6) is -2.41. The molecule has 0 aromatic carbocycles. The molecule has 0 aliphatic heterocycles. The molecule has 19 heteroatoms. The number of carbonyl (C=O) groups is 4. The molecule has 5 unspecified atom stereocenters. The van der Waals surface area contributed by atoms with E-state index in [-0.39, 0.29) is 25.7 Å². The van der Waals surface area contributed by atoms with Crippen LogP contribution in [0.25, 0.3) is 0 Å². The molecule has 0 rings (SSSR count). The van der Waals surface area contributed by atoms with Crippen LogP contribution >= 0.6 is 15.6 Å². The third-order valence-corrected chi connectivity index (χ3v) is 18.3. The fourth-order valence-electron chi connectivity index (χ4n) is 10.3. The zero-order chi connectivity index (χ0) is 78.9. The van der Waals surface area contributed by atoms with Gasteiger partial charge in [0.05, 0.1) is 32.8 Å². The predicted octanol–water partition coefficient (Wildman–Crippen LogP) is 24.3. The zero-order valence-electron chi connectivity index (χ0n) is 66.9. The van der Waals surface area contributed by atoms with Crippen molar-refractivity contribution in [1.82, 2.24) is 0 Å². The molecule has 17 nitrogen and oxygen atoms in total. The number of rotatable bonds is 75. The van der Waals surface area contributed by atoms with E-state index in [1.54, 1.807) is 6.08 Å². The Morgan fingerprint density at radius 1 is 0.278 bits per heavy atom. The maximum absolute atomic E-state index is 13.1. The van der Waals surface area contributed by atoms with E-state index < -0.39 is 97.5 Å². The monoisotopic (exact) mass is 1550 g/mol. The molecule has 0 aromatic heterocycles. The molecule has 0 aromatic rings. The van der Waals surface area contributed by atoms with Crippen molar-refractivity contribution in [3.8, 4) is 0 Å². The van der Waals surface area contributed by atoms with Crippen molar-refractivity contribution in [2.75, 3.05) is 39.6 Å². The molecule has 0 saturated heterocycles. The molecule has 0 aliphatic rings. The van der Waals surface area contributed by atoms with E-state index in [9.17, 15) is 43.2 Å². The first kappa shape index (κ1) is 102. The molecule has 0 amide bonds. The van der Waals surface area contributed by atoms with Crippen LogP contribution in [-0.4, -0.2) is 96.7 Å². The molecule has 3 N–H and O–H groups in total. The Morgan fingerprint density at radius 2 is 0.519 bits per heavy atom. The van der Waals surface area contributed by atoms with Gasteiger partial charge in [0.25, 0.3) is 0 Å². The van der Waals surface area contributed by atoms with Gasteiger partial charge in [-0.15, -0.1) is 0 Å². The molecule has 0 aliphatic carbocycles. The first-order chi connectivity index (χ1) is 52.7. The largest absolute Gasteiger partial charge is 0.472 e. The number of aliphatic hydroxyl groups excluding tert-OH is 1. The molecular formula is C89H144O17P2. The predicted molar refractivity (Wildman–Crippen MR) is 445 cm³/mol. The molecule has 0 bridgehead atoms. The van der Waals surface area contributed by atoms with Crippen molar-refractivity contribution >= 4 is 39.5 Å². The second-order valence-electron chi connectivity index (χ2n) is 26.6. The SMILES string of the molecule is CC/C=C\C/C=C\C/C=C\C/C=C\C/C=C\CCCCCC(=O)OCC(COP(=O)(O)OCC(O)COP(=O)(O)OCC(COC(=O)C/C=C\C/C=C\C/C=C\C/C=C\C/C=C\CC)OC(=O)CCCCCCCCCCCCCCCCC)OC(=O)CCCCC/C=C\C/C=C\C/C=C\C/C=C\C/C=C\CC.